The second kappa shape index (κ2) is 5.69. The maximum atomic E-state index is 12.0. The van der Waals surface area contributed by atoms with E-state index < -0.39 is 23.3 Å². The Balaban J connectivity index is 2.88. The number of carbonyl (C=O) groups excluding carboxylic acids is 1. The summed E-state index contributed by atoms with van der Waals surface area (Å²) in [5.41, 5.74) is -0.559. The minimum atomic E-state index is -0.980. The van der Waals surface area contributed by atoms with Crippen molar-refractivity contribution in [2.75, 3.05) is 0 Å². The number of hydrogen-bond donors (Lipinski definition) is 3. The quantitative estimate of drug-likeness (QED) is 0.756. The zero-order valence-electron chi connectivity index (χ0n) is 11.2. The third-order valence-corrected chi connectivity index (χ3v) is 2.77. The summed E-state index contributed by atoms with van der Waals surface area (Å²) in [6, 6.07) is 2.13. The molecule has 0 aliphatic heterocycles. The standard InChI is InChI=1S/C13H18N2O4/c1-13(2,3)9(7-11(17)18)15-12(19)8-4-5-14-10(16)6-8/h4-6,9H,7H2,1-3H3,(H,14,16)(H,15,19)(H,17,18). The zero-order chi connectivity index (χ0) is 14.6. The van der Waals surface area contributed by atoms with Gasteiger partial charge in [0, 0.05) is 23.9 Å². The number of rotatable bonds is 4. The zero-order valence-corrected chi connectivity index (χ0v) is 11.2. The lowest BCUT2D eigenvalue weighted by atomic mass is 9.84. The van der Waals surface area contributed by atoms with Crippen molar-refractivity contribution in [2.24, 2.45) is 5.41 Å². The lowest BCUT2D eigenvalue weighted by Gasteiger charge is -2.30. The molecular weight excluding hydrogens is 248 g/mol. The van der Waals surface area contributed by atoms with Crippen molar-refractivity contribution in [2.45, 2.75) is 33.2 Å². The van der Waals surface area contributed by atoms with Gasteiger partial charge in [-0.2, -0.15) is 0 Å². The van der Waals surface area contributed by atoms with Crippen LogP contribution in [0.2, 0.25) is 0 Å². The number of carbonyl (C=O) groups is 2. The Morgan fingerprint density at radius 3 is 2.53 bits per heavy atom. The number of aliphatic carboxylic acids is 1. The Bertz CT molecular complexity index is 528. The van der Waals surface area contributed by atoms with E-state index in [1.54, 1.807) is 0 Å². The summed E-state index contributed by atoms with van der Waals surface area (Å²) in [6.45, 7) is 5.54. The van der Waals surface area contributed by atoms with E-state index in [0.29, 0.717) is 0 Å². The predicted molar refractivity (Wildman–Crippen MR) is 70.0 cm³/mol. The van der Waals surface area contributed by atoms with Gasteiger partial charge in [0.15, 0.2) is 0 Å². The summed E-state index contributed by atoms with van der Waals surface area (Å²) in [5.74, 6) is -1.43. The van der Waals surface area contributed by atoms with Crippen LogP contribution in [0.25, 0.3) is 0 Å². The number of H-pyrrole nitrogens is 1. The van der Waals surface area contributed by atoms with Gasteiger partial charge in [0.05, 0.1) is 6.42 Å². The molecule has 1 aromatic heterocycles. The molecule has 104 valence electrons. The largest absolute Gasteiger partial charge is 0.481 e. The Morgan fingerprint density at radius 1 is 1.42 bits per heavy atom. The molecular formula is C13H18N2O4. The molecule has 6 heteroatoms. The summed E-state index contributed by atoms with van der Waals surface area (Å²) >= 11 is 0. The molecule has 0 aromatic carbocycles. The third-order valence-electron chi connectivity index (χ3n) is 2.77. The SMILES string of the molecule is CC(C)(C)C(CC(=O)O)NC(=O)c1cc[nH]c(=O)c1. The summed E-state index contributed by atoms with van der Waals surface area (Å²) < 4.78 is 0. The number of carboxylic acids is 1. The normalized spacial score (nSPS) is 12.8. The topological polar surface area (TPSA) is 99.3 Å². The molecule has 0 saturated heterocycles. The fourth-order valence-corrected chi connectivity index (χ4v) is 1.58. The van der Waals surface area contributed by atoms with Gasteiger partial charge in [-0.25, -0.2) is 0 Å². The van der Waals surface area contributed by atoms with E-state index in [1.807, 2.05) is 20.8 Å². The van der Waals surface area contributed by atoms with Crippen molar-refractivity contribution in [1.82, 2.24) is 10.3 Å². The van der Waals surface area contributed by atoms with E-state index in [0.717, 1.165) is 0 Å². The van der Waals surface area contributed by atoms with Gasteiger partial charge in [0.25, 0.3) is 5.91 Å². The second-order valence-electron chi connectivity index (χ2n) is 5.43. The van der Waals surface area contributed by atoms with Crippen LogP contribution in [0.1, 0.15) is 37.6 Å². The van der Waals surface area contributed by atoms with Crippen LogP contribution in [0.15, 0.2) is 23.1 Å². The summed E-state index contributed by atoms with van der Waals surface area (Å²) in [4.78, 5) is 36.3. The molecule has 1 atom stereocenters. The highest BCUT2D eigenvalue weighted by Gasteiger charge is 2.28. The van der Waals surface area contributed by atoms with Crippen LogP contribution in [0.3, 0.4) is 0 Å². The van der Waals surface area contributed by atoms with Crippen LogP contribution in [0, 0.1) is 5.41 Å². The van der Waals surface area contributed by atoms with Crippen molar-refractivity contribution in [3.8, 4) is 0 Å². The Labute approximate surface area is 110 Å². The van der Waals surface area contributed by atoms with Gasteiger partial charge < -0.3 is 15.4 Å². The first kappa shape index (κ1) is 14.9. The van der Waals surface area contributed by atoms with Crippen molar-refractivity contribution in [1.29, 1.82) is 0 Å². The van der Waals surface area contributed by atoms with Crippen molar-refractivity contribution >= 4 is 11.9 Å². The highest BCUT2D eigenvalue weighted by Crippen LogP contribution is 2.22. The Hall–Kier alpha value is -2.11. The molecule has 0 aliphatic carbocycles. The number of nitrogens with one attached hydrogen (secondary N) is 2. The number of hydrogen-bond acceptors (Lipinski definition) is 3. The molecule has 6 nitrogen and oxygen atoms in total. The van der Waals surface area contributed by atoms with Gasteiger partial charge >= 0.3 is 5.97 Å². The van der Waals surface area contributed by atoms with E-state index in [-0.39, 0.29) is 17.5 Å². The molecule has 19 heavy (non-hydrogen) atoms. The van der Waals surface area contributed by atoms with Crippen LogP contribution in [0.5, 0.6) is 0 Å². The maximum Gasteiger partial charge on any atom is 0.305 e. The van der Waals surface area contributed by atoms with Gasteiger partial charge in [-0.3, -0.25) is 14.4 Å². The first-order chi connectivity index (χ1) is 8.70. The number of carboxylic acid groups (broad SMARTS) is 1. The average molecular weight is 266 g/mol. The molecule has 0 radical (unpaired) electrons. The van der Waals surface area contributed by atoms with Crippen molar-refractivity contribution in [3.63, 3.8) is 0 Å². The van der Waals surface area contributed by atoms with E-state index >= 15 is 0 Å². The van der Waals surface area contributed by atoms with E-state index in [4.69, 9.17) is 5.11 Å². The molecule has 1 amide bonds. The molecule has 0 saturated carbocycles. The first-order valence-corrected chi connectivity index (χ1v) is 5.91. The molecule has 0 spiro atoms. The number of amides is 1. The van der Waals surface area contributed by atoms with Crippen LogP contribution >= 0.6 is 0 Å². The van der Waals surface area contributed by atoms with E-state index in [2.05, 4.69) is 10.3 Å². The Kier molecular flexibility index (Phi) is 4.47. The molecule has 1 unspecified atom stereocenters. The average Bonchev–Trinajstić information content (AvgIpc) is 2.26. The predicted octanol–water partition coefficient (Wildman–Crippen LogP) is 0.994. The first-order valence-electron chi connectivity index (χ1n) is 5.91. The summed E-state index contributed by atoms with van der Waals surface area (Å²) in [6.07, 6.45) is 1.21. The van der Waals surface area contributed by atoms with E-state index in [1.165, 1.54) is 18.3 Å². The smallest absolute Gasteiger partial charge is 0.305 e. The molecule has 1 rings (SSSR count). The van der Waals surface area contributed by atoms with Gasteiger partial charge in [-0.1, -0.05) is 20.8 Å². The van der Waals surface area contributed by atoms with Crippen LogP contribution in [-0.2, 0) is 4.79 Å². The highest BCUT2D eigenvalue weighted by atomic mass is 16.4. The lowest BCUT2D eigenvalue weighted by molar-refractivity contribution is -0.138. The fraction of sp³-hybridized carbons (Fsp3) is 0.462. The fourth-order valence-electron chi connectivity index (χ4n) is 1.58. The minimum absolute atomic E-state index is 0.168. The Morgan fingerprint density at radius 2 is 2.05 bits per heavy atom. The van der Waals surface area contributed by atoms with Gasteiger partial charge in [0.2, 0.25) is 5.56 Å². The van der Waals surface area contributed by atoms with Crippen molar-refractivity contribution < 1.29 is 14.7 Å². The van der Waals surface area contributed by atoms with Crippen LogP contribution in [-0.4, -0.2) is 28.0 Å². The molecule has 3 N–H and O–H groups in total. The molecule has 1 aromatic rings. The third kappa shape index (κ3) is 4.57. The minimum Gasteiger partial charge on any atom is -0.481 e. The van der Waals surface area contributed by atoms with Crippen LogP contribution in [0.4, 0.5) is 0 Å². The monoisotopic (exact) mass is 266 g/mol. The van der Waals surface area contributed by atoms with Crippen LogP contribution < -0.4 is 10.9 Å². The molecule has 0 bridgehead atoms. The summed E-state index contributed by atoms with van der Waals surface area (Å²) in [5, 5.41) is 11.5. The van der Waals surface area contributed by atoms with Crippen molar-refractivity contribution in [3.05, 3.63) is 34.2 Å². The number of aromatic amines is 1. The van der Waals surface area contributed by atoms with Gasteiger partial charge in [0.1, 0.15) is 0 Å². The number of aromatic nitrogens is 1. The summed E-state index contributed by atoms with van der Waals surface area (Å²) in [7, 11) is 0. The van der Waals surface area contributed by atoms with E-state index in [9.17, 15) is 14.4 Å². The molecule has 0 aliphatic rings. The molecule has 1 heterocycles. The maximum absolute atomic E-state index is 12.0. The second-order valence-corrected chi connectivity index (χ2v) is 5.43. The number of pyridine rings is 1. The molecule has 0 fully saturated rings. The van der Waals surface area contributed by atoms with Gasteiger partial charge in [-0.15, -0.1) is 0 Å². The van der Waals surface area contributed by atoms with Gasteiger partial charge in [-0.05, 0) is 11.5 Å². The lowest BCUT2D eigenvalue weighted by Crippen LogP contribution is -2.45. The highest BCUT2D eigenvalue weighted by molar-refractivity contribution is 5.94.